The summed E-state index contributed by atoms with van der Waals surface area (Å²) in [4.78, 5) is 16.7. The van der Waals surface area contributed by atoms with Gasteiger partial charge in [0.1, 0.15) is 4.88 Å². The fourth-order valence-electron chi connectivity index (χ4n) is 1.69. The second kappa shape index (κ2) is 5.28. The Labute approximate surface area is 121 Å². The van der Waals surface area contributed by atoms with Gasteiger partial charge in [-0.2, -0.15) is 4.98 Å². The maximum Gasteiger partial charge on any atom is 0.378 e. The first-order chi connectivity index (χ1) is 9.34. The Balaban J connectivity index is 2.45. The summed E-state index contributed by atoms with van der Waals surface area (Å²) in [6.07, 6.45) is 0. The maximum absolute atomic E-state index is 11.7. The molecule has 0 radical (unpaired) electrons. The van der Waals surface area contributed by atoms with Gasteiger partial charge >= 0.3 is 5.97 Å². The van der Waals surface area contributed by atoms with Crippen LogP contribution < -0.4 is 0 Å². The van der Waals surface area contributed by atoms with E-state index in [2.05, 4.69) is 40.4 Å². The minimum Gasteiger partial charge on any atom is -0.460 e. The lowest BCUT2D eigenvalue weighted by Crippen LogP contribution is -2.13. The number of esters is 1. The van der Waals surface area contributed by atoms with E-state index in [9.17, 15) is 4.79 Å². The van der Waals surface area contributed by atoms with Gasteiger partial charge in [-0.05, 0) is 18.5 Å². The molecule has 7 nitrogen and oxygen atoms in total. The van der Waals surface area contributed by atoms with Crippen LogP contribution in [0.4, 0.5) is 0 Å². The molecule has 0 amide bonds. The minimum atomic E-state index is -0.524. The molecule has 2 aromatic rings. The van der Waals surface area contributed by atoms with Crippen molar-refractivity contribution in [3.63, 3.8) is 0 Å². The van der Waals surface area contributed by atoms with Crippen LogP contribution in [-0.4, -0.2) is 36.9 Å². The van der Waals surface area contributed by atoms with Crippen molar-refractivity contribution in [1.82, 2.24) is 24.4 Å². The quantitative estimate of drug-likeness (QED) is 0.803. The fraction of sp³-hybridized carbons (Fsp3) is 0.583. The Morgan fingerprint density at radius 1 is 1.40 bits per heavy atom. The zero-order valence-electron chi connectivity index (χ0n) is 12.2. The summed E-state index contributed by atoms with van der Waals surface area (Å²) in [5.74, 6) is 0.106. The predicted octanol–water partition coefficient (Wildman–Crippen LogP) is 1.81. The van der Waals surface area contributed by atoms with Gasteiger partial charge in [-0.3, -0.25) is 0 Å². The third-order valence-corrected chi connectivity index (χ3v) is 3.34. The van der Waals surface area contributed by atoms with Crippen LogP contribution in [0.25, 0.3) is 10.7 Å². The highest BCUT2D eigenvalue weighted by atomic mass is 32.1. The van der Waals surface area contributed by atoms with E-state index in [0.29, 0.717) is 12.4 Å². The molecule has 0 unspecified atom stereocenters. The van der Waals surface area contributed by atoms with Gasteiger partial charge in [-0.25, -0.2) is 9.48 Å². The van der Waals surface area contributed by atoms with Crippen LogP contribution in [0.15, 0.2) is 0 Å². The van der Waals surface area contributed by atoms with Gasteiger partial charge in [-0.15, -0.1) is 10.2 Å². The monoisotopic (exact) mass is 295 g/mol. The first-order valence-electron chi connectivity index (χ1n) is 6.26. The average molecular weight is 295 g/mol. The molecule has 0 fully saturated rings. The van der Waals surface area contributed by atoms with E-state index in [0.717, 1.165) is 10.6 Å². The lowest BCUT2D eigenvalue weighted by molar-refractivity contribution is 0.0512. The normalized spacial score (nSPS) is 11.7. The van der Waals surface area contributed by atoms with E-state index in [1.807, 2.05) is 0 Å². The summed E-state index contributed by atoms with van der Waals surface area (Å²) in [6, 6.07) is 0. The molecular formula is C12H17N5O2S. The van der Waals surface area contributed by atoms with Gasteiger partial charge in [0.2, 0.25) is 0 Å². The molecule has 0 aliphatic rings. The van der Waals surface area contributed by atoms with Crippen LogP contribution in [0.1, 0.15) is 44.0 Å². The van der Waals surface area contributed by atoms with Gasteiger partial charge in [0.05, 0.1) is 12.3 Å². The molecule has 8 heteroatoms. The Kier molecular flexibility index (Phi) is 3.85. The van der Waals surface area contributed by atoms with Crippen LogP contribution >= 0.6 is 11.5 Å². The number of carbonyl (C=O) groups excluding carboxylic acids is 1. The third kappa shape index (κ3) is 2.69. The van der Waals surface area contributed by atoms with Crippen LogP contribution in [0.3, 0.4) is 0 Å². The molecule has 0 atom stereocenters. The lowest BCUT2D eigenvalue weighted by atomic mass is 9.91. The van der Waals surface area contributed by atoms with Crippen molar-refractivity contribution in [2.75, 3.05) is 6.61 Å². The fourth-order valence-corrected chi connectivity index (χ4v) is 2.59. The van der Waals surface area contributed by atoms with Crippen LogP contribution in [0, 0.1) is 0 Å². The maximum atomic E-state index is 11.7. The highest BCUT2D eigenvalue weighted by Gasteiger charge is 2.27. The molecular weight excluding hydrogens is 278 g/mol. The SMILES string of the molecule is CCOC(=O)c1nc(-c2snnc2C(C)(C)C)n(C)n1. The average Bonchev–Trinajstić information content (AvgIpc) is 2.94. The summed E-state index contributed by atoms with van der Waals surface area (Å²) in [7, 11) is 1.73. The van der Waals surface area contributed by atoms with Gasteiger partial charge in [0.15, 0.2) is 5.82 Å². The van der Waals surface area contributed by atoms with Crippen LogP contribution in [0.5, 0.6) is 0 Å². The van der Waals surface area contributed by atoms with E-state index < -0.39 is 5.97 Å². The number of hydrogen-bond donors (Lipinski definition) is 0. The molecule has 0 saturated heterocycles. The zero-order valence-corrected chi connectivity index (χ0v) is 13.0. The Morgan fingerprint density at radius 3 is 2.70 bits per heavy atom. The topological polar surface area (TPSA) is 82.8 Å². The summed E-state index contributed by atoms with van der Waals surface area (Å²) in [5.41, 5.74) is 0.687. The van der Waals surface area contributed by atoms with Gasteiger partial charge in [-0.1, -0.05) is 25.3 Å². The van der Waals surface area contributed by atoms with Crippen molar-refractivity contribution in [2.24, 2.45) is 7.05 Å². The second-order valence-electron chi connectivity index (χ2n) is 5.30. The first-order valence-corrected chi connectivity index (χ1v) is 7.03. The van der Waals surface area contributed by atoms with Crippen molar-refractivity contribution >= 4 is 17.5 Å². The largest absolute Gasteiger partial charge is 0.460 e. The third-order valence-electron chi connectivity index (χ3n) is 2.62. The molecule has 0 saturated carbocycles. The zero-order chi connectivity index (χ0) is 14.9. The Hall–Kier alpha value is -1.83. The smallest absolute Gasteiger partial charge is 0.378 e. The van der Waals surface area contributed by atoms with E-state index in [-0.39, 0.29) is 11.2 Å². The summed E-state index contributed by atoms with van der Waals surface area (Å²) in [5, 5.41) is 8.26. The molecule has 0 spiro atoms. The van der Waals surface area contributed by atoms with Crippen molar-refractivity contribution in [1.29, 1.82) is 0 Å². The molecule has 0 N–H and O–H groups in total. The van der Waals surface area contributed by atoms with Gasteiger partial charge in [0.25, 0.3) is 5.82 Å². The molecule has 0 bridgehead atoms. The number of carbonyl (C=O) groups is 1. The highest BCUT2D eigenvalue weighted by Crippen LogP contribution is 2.32. The first kappa shape index (κ1) is 14.6. The number of nitrogens with zero attached hydrogens (tertiary/aromatic N) is 5. The summed E-state index contributed by atoms with van der Waals surface area (Å²) >= 11 is 1.25. The standard InChI is InChI=1S/C12H17N5O2S/c1-6-19-11(18)9-13-10(17(5)15-9)7-8(12(2,3)4)14-16-20-7/h6H2,1-5H3. The number of aryl methyl sites for hydroxylation is 1. The minimum absolute atomic E-state index is 0.0533. The Morgan fingerprint density at radius 2 is 2.10 bits per heavy atom. The van der Waals surface area contributed by atoms with E-state index in [4.69, 9.17) is 4.74 Å². The number of hydrogen-bond acceptors (Lipinski definition) is 7. The molecule has 0 aliphatic carbocycles. The number of aromatic nitrogens is 5. The highest BCUT2D eigenvalue weighted by molar-refractivity contribution is 7.09. The molecule has 108 valence electrons. The molecule has 2 heterocycles. The molecule has 0 aromatic carbocycles. The van der Waals surface area contributed by atoms with Crippen molar-refractivity contribution in [2.45, 2.75) is 33.1 Å². The van der Waals surface area contributed by atoms with Gasteiger partial charge in [0, 0.05) is 12.5 Å². The van der Waals surface area contributed by atoms with Gasteiger partial charge < -0.3 is 4.74 Å². The molecule has 0 aliphatic heterocycles. The van der Waals surface area contributed by atoms with Crippen LogP contribution in [0.2, 0.25) is 0 Å². The van der Waals surface area contributed by atoms with Crippen molar-refractivity contribution in [3.05, 3.63) is 11.5 Å². The second-order valence-corrected chi connectivity index (χ2v) is 6.06. The predicted molar refractivity (Wildman–Crippen MR) is 74.6 cm³/mol. The van der Waals surface area contributed by atoms with E-state index >= 15 is 0 Å². The lowest BCUT2D eigenvalue weighted by Gasteiger charge is -2.15. The van der Waals surface area contributed by atoms with Crippen molar-refractivity contribution < 1.29 is 9.53 Å². The molecule has 2 rings (SSSR count). The van der Waals surface area contributed by atoms with E-state index in [1.54, 1.807) is 18.7 Å². The van der Waals surface area contributed by atoms with E-state index in [1.165, 1.54) is 11.5 Å². The molecule has 20 heavy (non-hydrogen) atoms. The van der Waals surface area contributed by atoms with Crippen LogP contribution in [-0.2, 0) is 17.2 Å². The van der Waals surface area contributed by atoms with Crippen molar-refractivity contribution in [3.8, 4) is 10.7 Å². The molecule has 2 aromatic heterocycles. The number of rotatable bonds is 3. The Bertz CT molecular complexity index is 626. The summed E-state index contributed by atoms with van der Waals surface area (Å²) < 4.78 is 10.4. The number of ether oxygens (including phenoxy) is 1. The summed E-state index contributed by atoms with van der Waals surface area (Å²) in [6.45, 7) is 8.19.